The molecule has 0 unspecified atom stereocenters. The molecule has 0 N–H and O–H groups in total. The van der Waals surface area contributed by atoms with Gasteiger partial charge in [0.25, 0.3) is 0 Å². The van der Waals surface area contributed by atoms with Crippen LogP contribution in [0.3, 0.4) is 0 Å². The van der Waals surface area contributed by atoms with Crippen molar-refractivity contribution in [1.82, 2.24) is 0 Å². The maximum absolute atomic E-state index is 10.7. The van der Waals surface area contributed by atoms with Crippen molar-refractivity contribution in [2.75, 3.05) is 0 Å². The molecule has 0 aromatic rings. The number of ketones is 1. The highest BCUT2D eigenvalue weighted by molar-refractivity contribution is 5.75. The molecule has 0 spiro atoms. The average Bonchev–Trinajstić information content (AvgIpc) is 2.30. The normalized spacial score (nSPS) is 10.4. The van der Waals surface area contributed by atoms with E-state index in [1.165, 1.54) is 51.4 Å². The van der Waals surface area contributed by atoms with Gasteiger partial charge in [-0.3, -0.25) is 0 Å². The SMILES string of the molecule is CC(=O)CCCCCCCCCCCCC=O. The summed E-state index contributed by atoms with van der Waals surface area (Å²) in [5.41, 5.74) is 0. The van der Waals surface area contributed by atoms with Crippen LogP contribution in [0.25, 0.3) is 0 Å². The molecule has 0 saturated heterocycles. The van der Waals surface area contributed by atoms with Gasteiger partial charge >= 0.3 is 0 Å². The first-order valence-electron chi connectivity index (χ1n) is 7.20. The lowest BCUT2D eigenvalue weighted by Gasteiger charge is -2.01. The van der Waals surface area contributed by atoms with Crippen LogP contribution in [0.4, 0.5) is 0 Å². The highest BCUT2D eigenvalue weighted by Gasteiger charge is 1.95. The van der Waals surface area contributed by atoms with Gasteiger partial charge in [-0.15, -0.1) is 0 Å². The largest absolute Gasteiger partial charge is 0.303 e. The summed E-state index contributed by atoms with van der Waals surface area (Å²) < 4.78 is 0. The van der Waals surface area contributed by atoms with E-state index in [2.05, 4.69) is 0 Å². The van der Waals surface area contributed by atoms with Crippen molar-refractivity contribution in [2.24, 2.45) is 0 Å². The van der Waals surface area contributed by atoms with Gasteiger partial charge in [0.15, 0.2) is 0 Å². The summed E-state index contributed by atoms with van der Waals surface area (Å²) in [6, 6.07) is 0. The first-order chi connectivity index (χ1) is 8.27. The molecule has 0 bridgehead atoms. The van der Waals surface area contributed by atoms with Gasteiger partial charge in [-0.1, -0.05) is 51.4 Å². The molecule has 100 valence electrons. The van der Waals surface area contributed by atoms with E-state index >= 15 is 0 Å². The summed E-state index contributed by atoms with van der Waals surface area (Å²) >= 11 is 0. The third kappa shape index (κ3) is 15.3. The Bertz CT molecular complexity index is 187. The van der Waals surface area contributed by atoms with E-state index < -0.39 is 0 Å². The Labute approximate surface area is 106 Å². The van der Waals surface area contributed by atoms with Gasteiger partial charge in [-0.05, 0) is 19.8 Å². The third-order valence-corrected chi connectivity index (χ3v) is 3.10. The van der Waals surface area contributed by atoms with E-state index in [0.29, 0.717) is 5.78 Å². The fourth-order valence-electron chi connectivity index (χ4n) is 2.02. The molecule has 2 heteroatoms. The summed E-state index contributed by atoms with van der Waals surface area (Å²) in [5, 5.41) is 0. The Morgan fingerprint density at radius 3 is 1.59 bits per heavy atom. The van der Waals surface area contributed by atoms with Crippen LogP contribution in [0, 0.1) is 0 Å². The van der Waals surface area contributed by atoms with Crippen molar-refractivity contribution in [2.45, 2.75) is 84.0 Å². The number of Topliss-reactive ketones (excluding diaryl/α,β-unsaturated/α-hetero) is 1. The van der Waals surface area contributed by atoms with Crippen LogP contribution in [0.15, 0.2) is 0 Å². The van der Waals surface area contributed by atoms with Crippen LogP contribution in [-0.2, 0) is 9.59 Å². The van der Waals surface area contributed by atoms with Crippen LogP contribution in [-0.4, -0.2) is 12.1 Å². The zero-order valence-electron chi connectivity index (χ0n) is 11.4. The second-order valence-corrected chi connectivity index (χ2v) is 4.94. The van der Waals surface area contributed by atoms with Gasteiger partial charge < -0.3 is 9.59 Å². The van der Waals surface area contributed by atoms with E-state index in [-0.39, 0.29) is 0 Å². The molecule has 0 saturated carbocycles. The zero-order chi connectivity index (χ0) is 12.8. The van der Waals surface area contributed by atoms with Crippen molar-refractivity contribution >= 4 is 12.1 Å². The molecule has 2 nitrogen and oxygen atoms in total. The van der Waals surface area contributed by atoms with Crippen LogP contribution in [0.5, 0.6) is 0 Å². The summed E-state index contributed by atoms with van der Waals surface area (Å²) in [5.74, 6) is 0.320. The molecular weight excluding hydrogens is 212 g/mol. The molecule has 0 rings (SSSR count). The topological polar surface area (TPSA) is 34.1 Å². The van der Waals surface area contributed by atoms with E-state index in [4.69, 9.17) is 0 Å². The minimum atomic E-state index is 0.320. The predicted octanol–water partition coefficient (Wildman–Crippen LogP) is 4.46. The summed E-state index contributed by atoms with van der Waals surface area (Å²) in [4.78, 5) is 20.8. The highest BCUT2D eigenvalue weighted by Crippen LogP contribution is 2.11. The Kier molecular flexibility index (Phi) is 12.9. The Hall–Kier alpha value is -0.660. The molecule has 0 fully saturated rings. The van der Waals surface area contributed by atoms with Gasteiger partial charge in [0.2, 0.25) is 0 Å². The molecule has 0 aromatic carbocycles. The number of carbonyl (C=O) groups excluding carboxylic acids is 2. The van der Waals surface area contributed by atoms with Crippen molar-refractivity contribution in [3.63, 3.8) is 0 Å². The maximum atomic E-state index is 10.7. The highest BCUT2D eigenvalue weighted by atomic mass is 16.1. The summed E-state index contributed by atoms with van der Waals surface area (Å²) in [6.45, 7) is 1.67. The van der Waals surface area contributed by atoms with E-state index in [9.17, 15) is 9.59 Å². The number of hydrogen-bond acceptors (Lipinski definition) is 2. The summed E-state index contributed by atoms with van der Waals surface area (Å²) in [7, 11) is 0. The lowest BCUT2D eigenvalue weighted by molar-refractivity contribution is -0.117. The lowest BCUT2D eigenvalue weighted by Crippen LogP contribution is -1.89. The molecule has 17 heavy (non-hydrogen) atoms. The Morgan fingerprint density at radius 2 is 1.18 bits per heavy atom. The molecule has 0 aliphatic carbocycles. The average molecular weight is 240 g/mol. The fraction of sp³-hybridized carbons (Fsp3) is 0.867. The first kappa shape index (κ1) is 16.3. The molecule has 0 aliphatic heterocycles. The monoisotopic (exact) mass is 240 g/mol. The molecule has 0 aromatic heterocycles. The number of carbonyl (C=O) groups is 2. The molecule has 0 atom stereocenters. The second kappa shape index (κ2) is 13.4. The fourth-order valence-corrected chi connectivity index (χ4v) is 2.02. The molecule has 0 amide bonds. The van der Waals surface area contributed by atoms with Crippen LogP contribution < -0.4 is 0 Å². The number of rotatable bonds is 13. The number of aldehydes is 1. The third-order valence-electron chi connectivity index (χ3n) is 3.10. The second-order valence-electron chi connectivity index (χ2n) is 4.94. The van der Waals surface area contributed by atoms with Gasteiger partial charge in [0.05, 0.1) is 0 Å². The van der Waals surface area contributed by atoms with Crippen molar-refractivity contribution in [1.29, 1.82) is 0 Å². The molecule has 0 heterocycles. The van der Waals surface area contributed by atoms with E-state index in [0.717, 1.165) is 32.0 Å². The van der Waals surface area contributed by atoms with Gasteiger partial charge in [-0.2, -0.15) is 0 Å². The molecule has 0 aliphatic rings. The van der Waals surface area contributed by atoms with Crippen molar-refractivity contribution in [3.05, 3.63) is 0 Å². The predicted molar refractivity (Wildman–Crippen MR) is 72.1 cm³/mol. The van der Waals surface area contributed by atoms with Crippen LogP contribution in [0.1, 0.15) is 84.0 Å². The summed E-state index contributed by atoms with van der Waals surface area (Å²) in [6.07, 6.45) is 14.9. The van der Waals surface area contributed by atoms with E-state index in [1.807, 2.05) is 0 Å². The minimum Gasteiger partial charge on any atom is -0.303 e. The van der Waals surface area contributed by atoms with Crippen LogP contribution >= 0.6 is 0 Å². The number of hydrogen-bond donors (Lipinski definition) is 0. The zero-order valence-corrected chi connectivity index (χ0v) is 11.4. The van der Waals surface area contributed by atoms with Gasteiger partial charge in [0, 0.05) is 12.8 Å². The van der Waals surface area contributed by atoms with Crippen molar-refractivity contribution < 1.29 is 9.59 Å². The van der Waals surface area contributed by atoms with Crippen molar-refractivity contribution in [3.8, 4) is 0 Å². The molecule has 0 radical (unpaired) electrons. The smallest absolute Gasteiger partial charge is 0.129 e. The number of unbranched alkanes of at least 4 members (excludes halogenated alkanes) is 10. The van der Waals surface area contributed by atoms with Gasteiger partial charge in [-0.25, -0.2) is 0 Å². The standard InChI is InChI=1S/C15H28O2/c1-15(17)13-11-9-7-5-3-2-4-6-8-10-12-14-16/h14H,2-13H2,1H3. The lowest BCUT2D eigenvalue weighted by atomic mass is 10.0. The Morgan fingerprint density at radius 1 is 0.765 bits per heavy atom. The molecular formula is C15H28O2. The van der Waals surface area contributed by atoms with Gasteiger partial charge in [0.1, 0.15) is 12.1 Å². The first-order valence-corrected chi connectivity index (χ1v) is 7.20. The Balaban J connectivity index is 2.94. The maximum Gasteiger partial charge on any atom is 0.129 e. The minimum absolute atomic E-state index is 0.320. The quantitative estimate of drug-likeness (QED) is 0.352. The van der Waals surface area contributed by atoms with Crippen LogP contribution in [0.2, 0.25) is 0 Å². The van der Waals surface area contributed by atoms with E-state index in [1.54, 1.807) is 6.92 Å².